The molecule has 1 rings (SSSR count). The van der Waals surface area contributed by atoms with Crippen molar-refractivity contribution in [1.82, 2.24) is 4.31 Å². The highest BCUT2D eigenvalue weighted by Gasteiger charge is 2.27. The van der Waals surface area contributed by atoms with Gasteiger partial charge in [0.2, 0.25) is 10.0 Å². The van der Waals surface area contributed by atoms with Crippen LogP contribution in [0.25, 0.3) is 0 Å². The predicted molar refractivity (Wildman–Crippen MR) is 64.6 cm³/mol. The van der Waals surface area contributed by atoms with E-state index >= 15 is 0 Å². The van der Waals surface area contributed by atoms with Crippen LogP contribution in [0.4, 0.5) is 4.39 Å². The van der Waals surface area contributed by atoms with Crippen molar-refractivity contribution >= 4 is 16.0 Å². The van der Waals surface area contributed by atoms with Crippen molar-refractivity contribution in [2.45, 2.75) is 4.90 Å². The summed E-state index contributed by atoms with van der Waals surface area (Å²) in [6.07, 6.45) is 0. The molecule has 0 aromatic heterocycles. The molecule has 0 heterocycles. The normalized spacial score (nSPS) is 11.6. The fourth-order valence-corrected chi connectivity index (χ4v) is 2.77. The molecular formula is C11H14FNO5S. The van der Waals surface area contributed by atoms with Crippen LogP contribution in [0.2, 0.25) is 0 Å². The lowest BCUT2D eigenvalue weighted by molar-refractivity contribution is 0.0596. The number of nitrogens with zero attached hydrogens (tertiary/aromatic N) is 1. The Labute approximate surface area is 110 Å². The first-order chi connectivity index (χ1) is 8.84. The summed E-state index contributed by atoms with van der Waals surface area (Å²) in [4.78, 5) is 11.0. The summed E-state index contributed by atoms with van der Waals surface area (Å²) < 4.78 is 42.8. The Kier molecular flexibility index (Phi) is 4.98. The number of benzene rings is 1. The summed E-state index contributed by atoms with van der Waals surface area (Å²) in [7, 11) is -1.76. The van der Waals surface area contributed by atoms with Gasteiger partial charge in [0.15, 0.2) is 0 Å². The third kappa shape index (κ3) is 3.28. The molecular weight excluding hydrogens is 277 g/mol. The van der Waals surface area contributed by atoms with Crippen molar-refractivity contribution in [3.8, 4) is 0 Å². The number of esters is 1. The van der Waals surface area contributed by atoms with E-state index in [1.165, 1.54) is 7.05 Å². The minimum absolute atomic E-state index is 0.167. The van der Waals surface area contributed by atoms with Crippen LogP contribution in [0, 0.1) is 5.82 Å². The van der Waals surface area contributed by atoms with Crippen LogP contribution in [0.15, 0.2) is 23.1 Å². The largest absolute Gasteiger partial charge is 0.465 e. The first kappa shape index (κ1) is 15.5. The van der Waals surface area contributed by atoms with Gasteiger partial charge in [-0.2, -0.15) is 4.31 Å². The third-order valence-electron chi connectivity index (χ3n) is 2.45. The number of rotatable bonds is 5. The van der Waals surface area contributed by atoms with Gasteiger partial charge in [0, 0.05) is 13.6 Å². The van der Waals surface area contributed by atoms with Crippen molar-refractivity contribution in [2.24, 2.45) is 0 Å². The molecule has 0 spiro atoms. The quantitative estimate of drug-likeness (QED) is 0.785. The first-order valence-corrected chi connectivity index (χ1v) is 6.73. The van der Waals surface area contributed by atoms with E-state index in [0.29, 0.717) is 0 Å². The van der Waals surface area contributed by atoms with Crippen molar-refractivity contribution in [3.63, 3.8) is 0 Å². The van der Waals surface area contributed by atoms with E-state index in [2.05, 4.69) is 4.74 Å². The van der Waals surface area contributed by atoms with Crippen molar-refractivity contribution < 1.29 is 27.4 Å². The number of aliphatic hydroxyl groups excluding tert-OH is 1. The zero-order valence-corrected chi connectivity index (χ0v) is 11.3. The Morgan fingerprint density at radius 1 is 1.47 bits per heavy atom. The van der Waals surface area contributed by atoms with E-state index in [9.17, 15) is 17.6 Å². The Morgan fingerprint density at radius 2 is 2.11 bits per heavy atom. The Bertz CT molecular complexity index is 572. The maximum absolute atomic E-state index is 13.2. The van der Waals surface area contributed by atoms with Gasteiger partial charge in [-0.3, -0.25) is 0 Å². The predicted octanol–water partition coefficient (Wildman–Crippen LogP) is 0.225. The molecule has 0 fully saturated rings. The molecule has 0 saturated heterocycles. The van der Waals surface area contributed by atoms with Crippen molar-refractivity contribution in [3.05, 3.63) is 29.6 Å². The molecule has 0 unspecified atom stereocenters. The molecule has 0 aliphatic rings. The number of aliphatic hydroxyl groups is 1. The smallest absolute Gasteiger partial charge is 0.339 e. The number of likely N-dealkylation sites (N-methyl/N-ethyl adjacent to an activating group) is 1. The van der Waals surface area contributed by atoms with Gasteiger partial charge >= 0.3 is 5.97 Å². The summed E-state index contributed by atoms with van der Waals surface area (Å²) in [5.74, 6) is -1.67. The van der Waals surface area contributed by atoms with Crippen LogP contribution in [0.5, 0.6) is 0 Å². The van der Waals surface area contributed by atoms with E-state index < -0.39 is 33.3 Å². The fourth-order valence-electron chi connectivity index (χ4n) is 1.42. The molecule has 106 valence electrons. The van der Waals surface area contributed by atoms with Gasteiger partial charge in [0.1, 0.15) is 5.82 Å². The summed E-state index contributed by atoms with van der Waals surface area (Å²) >= 11 is 0. The lowest BCUT2D eigenvalue weighted by Gasteiger charge is -2.17. The number of carbonyl (C=O) groups excluding carboxylic acids is 1. The minimum Gasteiger partial charge on any atom is -0.465 e. The van der Waals surface area contributed by atoms with E-state index in [1.807, 2.05) is 0 Å². The van der Waals surface area contributed by atoms with Gasteiger partial charge in [-0.15, -0.1) is 0 Å². The van der Waals surface area contributed by atoms with Crippen LogP contribution in [-0.2, 0) is 14.8 Å². The van der Waals surface area contributed by atoms with Crippen LogP contribution in [0.3, 0.4) is 0 Å². The molecule has 6 nitrogen and oxygen atoms in total. The van der Waals surface area contributed by atoms with Crippen LogP contribution < -0.4 is 0 Å². The van der Waals surface area contributed by atoms with Gasteiger partial charge in [-0.25, -0.2) is 17.6 Å². The first-order valence-electron chi connectivity index (χ1n) is 5.29. The molecule has 0 amide bonds. The zero-order chi connectivity index (χ0) is 14.6. The van der Waals surface area contributed by atoms with Crippen molar-refractivity contribution in [2.75, 3.05) is 27.3 Å². The van der Waals surface area contributed by atoms with E-state index in [-0.39, 0.29) is 12.1 Å². The monoisotopic (exact) mass is 291 g/mol. The minimum atomic E-state index is -4.08. The van der Waals surface area contributed by atoms with Crippen LogP contribution in [-0.4, -0.2) is 51.1 Å². The highest BCUT2D eigenvalue weighted by Crippen LogP contribution is 2.21. The number of ether oxygens (including phenoxy) is 1. The number of carbonyl (C=O) groups is 1. The van der Waals surface area contributed by atoms with Crippen molar-refractivity contribution in [1.29, 1.82) is 0 Å². The summed E-state index contributed by atoms with van der Waals surface area (Å²) in [6, 6.07) is 2.76. The second-order valence-corrected chi connectivity index (χ2v) is 5.70. The number of hydrogen-bond donors (Lipinski definition) is 1. The molecule has 1 N–H and O–H groups in total. The highest BCUT2D eigenvalue weighted by atomic mass is 32.2. The molecule has 0 saturated carbocycles. The molecule has 0 radical (unpaired) electrons. The van der Waals surface area contributed by atoms with Gasteiger partial charge in [0.25, 0.3) is 0 Å². The molecule has 0 bridgehead atoms. The molecule has 0 aliphatic heterocycles. The van der Waals surface area contributed by atoms with Gasteiger partial charge in [-0.05, 0) is 18.2 Å². The van der Waals surface area contributed by atoms with Gasteiger partial charge in [0.05, 0.1) is 24.2 Å². The number of sulfonamides is 1. The van der Waals surface area contributed by atoms with E-state index in [4.69, 9.17) is 5.11 Å². The van der Waals surface area contributed by atoms with Gasteiger partial charge < -0.3 is 9.84 Å². The molecule has 1 aromatic carbocycles. The Balaban J connectivity index is 3.40. The maximum atomic E-state index is 13.2. The van der Waals surface area contributed by atoms with E-state index in [0.717, 1.165) is 29.6 Å². The highest BCUT2D eigenvalue weighted by molar-refractivity contribution is 7.89. The maximum Gasteiger partial charge on any atom is 0.339 e. The number of methoxy groups -OCH3 is 1. The molecule has 0 aliphatic carbocycles. The average molecular weight is 291 g/mol. The average Bonchev–Trinajstić information content (AvgIpc) is 2.38. The lowest BCUT2D eigenvalue weighted by atomic mass is 10.2. The van der Waals surface area contributed by atoms with E-state index in [1.54, 1.807) is 0 Å². The second-order valence-electron chi connectivity index (χ2n) is 3.68. The molecule has 1 aromatic rings. The number of halogens is 1. The molecule has 19 heavy (non-hydrogen) atoms. The molecule has 0 atom stereocenters. The summed E-state index contributed by atoms with van der Waals surface area (Å²) in [5, 5.41) is 8.75. The van der Waals surface area contributed by atoms with Gasteiger partial charge in [-0.1, -0.05) is 0 Å². The fraction of sp³-hybridized carbons (Fsp3) is 0.364. The Hall–Kier alpha value is -1.51. The summed E-state index contributed by atoms with van der Waals surface area (Å²) in [5.41, 5.74) is -0.256. The summed E-state index contributed by atoms with van der Waals surface area (Å²) in [6.45, 7) is -0.557. The van der Waals surface area contributed by atoms with Crippen LogP contribution in [0.1, 0.15) is 10.4 Å². The number of hydrogen-bond acceptors (Lipinski definition) is 5. The molecule has 8 heteroatoms. The standard InChI is InChI=1S/C11H14FNO5S/c1-13(5-6-14)19(16,17)10-7-8(12)3-4-9(10)11(15)18-2/h3-4,7,14H,5-6H2,1-2H3. The topological polar surface area (TPSA) is 83.9 Å². The third-order valence-corrected chi connectivity index (χ3v) is 4.35. The van der Waals surface area contributed by atoms with Crippen LogP contribution >= 0.6 is 0 Å². The lowest BCUT2D eigenvalue weighted by Crippen LogP contribution is -2.31. The SMILES string of the molecule is COC(=O)c1ccc(F)cc1S(=O)(=O)N(C)CCO. The Morgan fingerprint density at radius 3 is 2.63 bits per heavy atom. The zero-order valence-electron chi connectivity index (χ0n) is 10.5. The second kappa shape index (κ2) is 6.09.